The van der Waals surface area contributed by atoms with Crippen LogP contribution in [0.3, 0.4) is 0 Å². The molecule has 19 heavy (non-hydrogen) atoms. The van der Waals surface area contributed by atoms with Crippen LogP contribution in [0.5, 0.6) is 0 Å². The first-order valence-corrected chi connectivity index (χ1v) is 7.51. The van der Waals surface area contributed by atoms with Crippen LogP contribution in [0.15, 0.2) is 42.5 Å². The third kappa shape index (κ3) is 3.68. The van der Waals surface area contributed by atoms with Gasteiger partial charge in [-0.05, 0) is 59.0 Å². The summed E-state index contributed by atoms with van der Waals surface area (Å²) in [5.74, 6) is -0.280. The fourth-order valence-electron chi connectivity index (χ4n) is 2.03. The standard InChI is InChI=1S/C15H14ClFIN/c1-2-19-15(10-4-3-5-12(18)8-10)13-7-6-11(16)9-14(13)17/h3-9,15,19H,2H2,1H3. The van der Waals surface area contributed by atoms with Gasteiger partial charge in [-0.25, -0.2) is 4.39 Å². The smallest absolute Gasteiger partial charge is 0.129 e. The average molecular weight is 390 g/mol. The predicted octanol–water partition coefficient (Wildman–Crippen LogP) is 4.78. The fourth-order valence-corrected chi connectivity index (χ4v) is 2.76. The maximum Gasteiger partial charge on any atom is 0.129 e. The highest BCUT2D eigenvalue weighted by Gasteiger charge is 2.17. The maximum absolute atomic E-state index is 14.1. The molecule has 0 aliphatic carbocycles. The molecule has 0 fully saturated rings. The van der Waals surface area contributed by atoms with Crippen LogP contribution in [0.4, 0.5) is 4.39 Å². The van der Waals surface area contributed by atoms with Crippen molar-refractivity contribution in [3.8, 4) is 0 Å². The minimum Gasteiger partial charge on any atom is -0.306 e. The van der Waals surface area contributed by atoms with E-state index in [1.165, 1.54) is 6.07 Å². The van der Waals surface area contributed by atoms with E-state index in [2.05, 4.69) is 34.0 Å². The number of nitrogens with one attached hydrogen (secondary N) is 1. The van der Waals surface area contributed by atoms with Gasteiger partial charge in [0, 0.05) is 14.2 Å². The van der Waals surface area contributed by atoms with E-state index in [-0.39, 0.29) is 11.9 Å². The van der Waals surface area contributed by atoms with E-state index in [1.807, 2.05) is 25.1 Å². The van der Waals surface area contributed by atoms with Gasteiger partial charge in [0.2, 0.25) is 0 Å². The molecule has 0 heterocycles. The lowest BCUT2D eigenvalue weighted by Crippen LogP contribution is -2.23. The molecule has 1 nitrogen and oxygen atoms in total. The van der Waals surface area contributed by atoms with Crippen LogP contribution < -0.4 is 5.32 Å². The second kappa shape index (κ2) is 6.68. The Kier molecular flexibility index (Phi) is 5.19. The highest BCUT2D eigenvalue weighted by atomic mass is 127. The zero-order valence-corrected chi connectivity index (χ0v) is 13.4. The summed E-state index contributed by atoms with van der Waals surface area (Å²) in [5, 5.41) is 3.73. The molecule has 0 aromatic heterocycles. The highest BCUT2D eigenvalue weighted by molar-refractivity contribution is 14.1. The molecule has 2 aromatic carbocycles. The van der Waals surface area contributed by atoms with Crippen molar-refractivity contribution in [2.75, 3.05) is 6.54 Å². The zero-order chi connectivity index (χ0) is 13.8. The quantitative estimate of drug-likeness (QED) is 0.742. The van der Waals surface area contributed by atoms with E-state index in [9.17, 15) is 4.39 Å². The molecule has 100 valence electrons. The lowest BCUT2D eigenvalue weighted by molar-refractivity contribution is 0.559. The Balaban J connectivity index is 2.45. The molecule has 2 rings (SSSR count). The third-order valence-electron chi connectivity index (χ3n) is 2.86. The first kappa shape index (κ1) is 14.8. The van der Waals surface area contributed by atoms with Gasteiger partial charge in [0.25, 0.3) is 0 Å². The molecule has 1 atom stereocenters. The normalized spacial score (nSPS) is 12.4. The van der Waals surface area contributed by atoms with Crippen LogP contribution in [0, 0.1) is 9.39 Å². The van der Waals surface area contributed by atoms with Crippen LogP contribution in [0.2, 0.25) is 5.02 Å². The third-order valence-corrected chi connectivity index (χ3v) is 3.77. The second-order valence-corrected chi connectivity index (χ2v) is 5.89. The first-order chi connectivity index (χ1) is 9.11. The first-order valence-electron chi connectivity index (χ1n) is 6.05. The van der Waals surface area contributed by atoms with E-state index >= 15 is 0 Å². The molecule has 0 amide bonds. The largest absolute Gasteiger partial charge is 0.306 e. The van der Waals surface area contributed by atoms with Gasteiger partial charge >= 0.3 is 0 Å². The number of hydrogen-bond donors (Lipinski definition) is 1. The predicted molar refractivity (Wildman–Crippen MR) is 86.1 cm³/mol. The number of rotatable bonds is 4. The summed E-state index contributed by atoms with van der Waals surface area (Å²) < 4.78 is 15.2. The van der Waals surface area contributed by atoms with Gasteiger partial charge in [-0.15, -0.1) is 0 Å². The van der Waals surface area contributed by atoms with Gasteiger partial charge in [0.15, 0.2) is 0 Å². The van der Waals surface area contributed by atoms with E-state index < -0.39 is 0 Å². The summed E-state index contributed by atoms with van der Waals surface area (Å²) in [7, 11) is 0. The number of halogens is 3. The topological polar surface area (TPSA) is 12.0 Å². The summed E-state index contributed by atoms with van der Waals surface area (Å²) in [6, 6.07) is 12.7. The molecule has 4 heteroatoms. The van der Waals surface area contributed by atoms with Crippen molar-refractivity contribution in [2.24, 2.45) is 0 Å². The van der Waals surface area contributed by atoms with Crippen LogP contribution in [-0.4, -0.2) is 6.54 Å². The summed E-state index contributed by atoms with van der Waals surface area (Å²) >= 11 is 8.07. The Morgan fingerprint density at radius 3 is 2.68 bits per heavy atom. The Bertz CT molecular complexity index is 574. The zero-order valence-electron chi connectivity index (χ0n) is 10.5. The molecule has 0 saturated carbocycles. The molecule has 1 unspecified atom stereocenters. The highest BCUT2D eigenvalue weighted by Crippen LogP contribution is 2.27. The van der Waals surface area contributed by atoms with Gasteiger partial charge in [0.05, 0.1) is 6.04 Å². The van der Waals surface area contributed by atoms with Gasteiger partial charge in [-0.2, -0.15) is 0 Å². The Labute approximate surface area is 131 Å². The number of benzene rings is 2. The van der Waals surface area contributed by atoms with Crippen LogP contribution >= 0.6 is 34.2 Å². The van der Waals surface area contributed by atoms with Crippen molar-refractivity contribution in [2.45, 2.75) is 13.0 Å². The average Bonchev–Trinajstić information content (AvgIpc) is 2.37. The Morgan fingerprint density at radius 1 is 1.26 bits per heavy atom. The van der Waals surface area contributed by atoms with Crippen molar-refractivity contribution in [1.29, 1.82) is 0 Å². The van der Waals surface area contributed by atoms with Gasteiger partial charge in [-0.1, -0.05) is 36.7 Å². The van der Waals surface area contributed by atoms with E-state index in [4.69, 9.17) is 11.6 Å². The molecular weight excluding hydrogens is 376 g/mol. The maximum atomic E-state index is 14.1. The minimum absolute atomic E-state index is 0.156. The molecule has 0 saturated heterocycles. The second-order valence-electron chi connectivity index (χ2n) is 4.21. The summed E-state index contributed by atoms with van der Waals surface area (Å²) in [6.45, 7) is 2.77. The minimum atomic E-state index is -0.280. The molecule has 0 aliphatic rings. The van der Waals surface area contributed by atoms with Gasteiger partial charge in [0.1, 0.15) is 5.82 Å². The Hall–Kier alpha value is -0.650. The van der Waals surface area contributed by atoms with E-state index in [1.54, 1.807) is 12.1 Å². The molecule has 0 bridgehead atoms. The summed E-state index contributed by atoms with van der Waals surface area (Å²) in [5.41, 5.74) is 1.67. The molecule has 0 radical (unpaired) electrons. The van der Waals surface area contributed by atoms with Crippen molar-refractivity contribution >= 4 is 34.2 Å². The van der Waals surface area contributed by atoms with Gasteiger partial charge in [-0.3, -0.25) is 0 Å². The Morgan fingerprint density at radius 2 is 2.05 bits per heavy atom. The SMILES string of the molecule is CCNC(c1cccc(I)c1)c1ccc(Cl)cc1F. The lowest BCUT2D eigenvalue weighted by Gasteiger charge is -2.20. The van der Waals surface area contributed by atoms with E-state index in [0.717, 1.165) is 15.7 Å². The molecule has 2 aromatic rings. The van der Waals surface area contributed by atoms with Crippen molar-refractivity contribution in [3.05, 3.63) is 68.0 Å². The number of hydrogen-bond acceptors (Lipinski definition) is 1. The molecule has 1 N–H and O–H groups in total. The molecular formula is C15H14ClFIN. The molecule has 0 spiro atoms. The van der Waals surface area contributed by atoms with Crippen LogP contribution in [0.1, 0.15) is 24.1 Å². The van der Waals surface area contributed by atoms with Crippen molar-refractivity contribution in [1.82, 2.24) is 5.32 Å². The summed E-state index contributed by atoms with van der Waals surface area (Å²) in [4.78, 5) is 0. The molecule has 0 aliphatic heterocycles. The van der Waals surface area contributed by atoms with Crippen molar-refractivity contribution < 1.29 is 4.39 Å². The lowest BCUT2D eigenvalue weighted by atomic mass is 9.98. The summed E-state index contributed by atoms with van der Waals surface area (Å²) in [6.07, 6.45) is 0. The monoisotopic (exact) mass is 389 g/mol. The van der Waals surface area contributed by atoms with Crippen LogP contribution in [0.25, 0.3) is 0 Å². The van der Waals surface area contributed by atoms with Gasteiger partial charge < -0.3 is 5.32 Å². The van der Waals surface area contributed by atoms with Crippen molar-refractivity contribution in [3.63, 3.8) is 0 Å². The fraction of sp³-hybridized carbons (Fsp3) is 0.200. The van der Waals surface area contributed by atoms with E-state index in [0.29, 0.717) is 10.6 Å². The van der Waals surface area contributed by atoms with Crippen LogP contribution in [-0.2, 0) is 0 Å².